The Morgan fingerprint density at radius 3 is 2.41 bits per heavy atom. The van der Waals surface area contributed by atoms with Gasteiger partial charge < -0.3 is 25.4 Å². The number of hydrogen-bond acceptors (Lipinski definition) is 9. The lowest BCUT2D eigenvalue weighted by atomic mass is 10.1. The van der Waals surface area contributed by atoms with E-state index in [1.165, 1.54) is 12.5 Å². The molecule has 3 N–H and O–H groups in total. The molecule has 5 rings (SSSR count). The largest absolute Gasteiger partial charge is 0.454 e. The van der Waals surface area contributed by atoms with Crippen LogP contribution in [0, 0.1) is 0 Å². The van der Waals surface area contributed by atoms with Crippen LogP contribution in [0.1, 0.15) is 12.5 Å². The molecule has 0 saturated carbocycles. The summed E-state index contributed by atoms with van der Waals surface area (Å²) in [6.07, 6.45) is 0. The first-order chi connectivity index (χ1) is 19.0. The van der Waals surface area contributed by atoms with Crippen LogP contribution in [0.15, 0.2) is 54.6 Å². The van der Waals surface area contributed by atoms with E-state index in [1.54, 1.807) is 6.07 Å². The van der Waals surface area contributed by atoms with Gasteiger partial charge in [0.2, 0.25) is 18.6 Å². The summed E-state index contributed by atoms with van der Waals surface area (Å²) in [5.41, 5.74) is 2.03. The molecule has 2 aliphatic heterocycles. The minimum Gasteiger partial charge on any atom is -0.454 e. The minimum absolute atomic E-state index is 0.0915. The van der Waals surface area contributed by atoms with Crippen molar-refractivity contribution in [3.8, 4) is 22.9 Å². The maximum absolute atomic E-state index is 12.9. The standard InChI is InChI=1S/C28H33N7O4/c1-20(36)29-9-10-30-25-16-26(33-28(32-25)22-5-3-2-4-6-22)31-27(37)18-35-13-11-34(12-14-35)17-21-7-8-23-24(15-21)39-19-38-23/h2-8,15-16H,9-14,17-19H2,1H3,(H,29,36)(H2,30,31,32,33,37). The van der Waals surface area contributed by atoms with Crippen molar-refractivity contribution in [2.75, 3.05) is 63.2 Å². The zero-order chi connectivity index (χ0) is 27.0. The summed E-state index contributed by atoms with van der Waals surface area (Å²) in [6.45, 7) is 7.16. The smallest absolute Gasteiger partial charge is 0.239 e. The number of rotatable bonds is 10. The zero-order valence-electron chi connectivity index (χ0n) is 22.0. The van der Waals surface area contributed by atoms with Crippen LogP contribution < -0.4 is 25.4 Å². The van der Waals surface area contributed by atoms with E-state index in [9.17, 15) is 9.59 Å². The average molecular weight is 532 g/mol. The van der Waals surface area contributed by atoms with E-state index in [1.807, 2.05) is 42.5 Å². The molecule has 0 radical (unpaired) electrons. The van der Waals surface area contributed by atoms with Gasteiger partial charge in [0.05, 0.1) is 6.54 Å². The highest BCUT2D eigenvalue weighted by molar-refractivity contribution is 5.92. The van der Waals surface area contributed by atoms with E-state index in [-0.39, 0.29) is 25.2 Å². The monoisotopic (exact) mass is 531 g/mol. The van der Waals surface area contributed by atoms with Crippen LogP contribution in [0.4, 0.5) is 11.6 Å². The zero-order valence-corrected chi connectivity index (χ0v) is 22.0. The van der Waals surface area contributed by atoms with Gasteiger partial charge in [-0.15, -0.1) is 0 Å². The number of nitrogens with one attached hydrogen (secondary N) is 3. The van der Waals surface area contributed by atoms with Crippen molar-refractivity contribution in [3.05, 3.63) is 60.2 Å². The Hall–Kier alpha value is -4.22. The lowest BCUT2D eigenvalue weighted by Gasteiger charge is -2.34. The number of amides is 2. The first kappa shape index (κ1) is 26.4. The van der Waals surface area contributed by atoms with Gasteiger partial charge in [0.15, 0.2) is 17.3 Å². The van der Waals surface area contributed by atoms with Gasteiger partial charge >= 0.3 is 0 Å². The van der Waals surface area contributed by atoms with E-state index >= 15 is 0 Å². The number of benzene rings is 2. The molecular formula is C28H33N7O4. The number of carbonyl (C=O) groups excluding carboxylic acids is 2. The molecule has 3 heterocycles. The number of ether oxygens (including phenoxy) is 2. The first-order valence-electron chi connectivity index (χ1n) is 13.1. The van der Waals surface area contributed by atoms with Gasteiger partial charge in [0.1, 0.15) is 11.6 Å². The normalized spacial score (nSPS) is 15.1. The van der Waals surface area contributed by atoms with Gasteiger partial charge in [0, 0.05) is 64.4 Å². The molecular weight excluding hydrogens is 498 g/mol. The molecule has 1 aromatic heterocycles. The summed E-state index contributed by atoms with van der Waals surface area (Å²) >= 11 is 0. The topological polar surface area (TPSA) is 121 Å². The van der Waals surface area contributed by atoms with Crippen LogP contribution >= 0.6 is 0 Å². The fraction of sp³-hybridized carbons (Fsp3) is 0.357. The number of piperazine rings is 1. The Morgan fingerprint density at radius 1 is 0.872 bits per heavy atom. The molecule has 0 atom stereocenters. The van der Waals surface area contributed by atoms with E-state index < -0.39 is 0 Å². The minimum atomic E-state index is -0.124. The second kappa shape index (κ2) is 12.5. The molecule has 0 bridgehead atoms. The van der Waals surface area contributed by atoms with Crippen molar-refractivity contribution in [2.24, 2.45) is 0 Å². The van der Waals surface area contributed by atoms with Gasteiger partial charge in [-0.2, -0.15) is 0 Å². The van der Waals surface area contributed by atoms with Crippen molar-refractivity contribution in [2.45, 2.75) is 13.5 Å². The summed E-state index contributed by atoms with van der Waals surface area (Å²) in [4.78, 5) is 37.8. The third kappa shape index (κ3) is 7.43. The summed E-state index contributed by atoms with van der Waals surface area (Å²) in [5.74, 6) is 2.88. The van der Waals surface area contributed by atoms with Crippen LogP contribution in [0.2, 0.25) is 0 Å². The van der Waals surface area contributed by atoms with Crippen LogP contribution in [0.3, 0.4) is 0 Å². The Balaban J connectivity index is 1.15. The molecule has 39 heavy (non-hydrogen) atoms. The van der Waals surface area contributed by atoms with Gasteiger partial charge in [-0.3, -0.25) is 19.4 Å². The van der Waals surface area contributed by atoms with Crippen LogP contribution in [-0.4, -0.2) is 84.2 Å². The molecule has 3 aromatic rings. The van der Waals surface area contributed by atoms with Crippen LogP contribution in [0.25, 0.3) is 11.4 Å². The average Bonchev–Trinajstić information content (AvgIpc) is 3.40. The number of nitrogens with zero attached hydrogens (tertiary/aromatic N) is 4. The summed E-state index contributed by atoms with van der Waals surface area (Å²) < 4.78 is 10.9. The Kier molecular flexibility index (Phi) is 8.49. The quantitative estimate of drug-likeness (QED) is 0.338. The molecule has 2 aliphatic rings. The summed E-state index contributed by atoms with van der Waals surface area (Å²) in [6, 6.07) is 17.4. The Morgan fingerprint density at radius 2 is 1.62 bits per heavy atom. The third-order valence-electron chi connectivity index (χ3n) is 6.51. The van der Waals surface area contributed by atoms with Gasteiger partial charge in [-0.25, -0.2) is 9.97 Å². The summed E-state index contributed by atoms with van der Waals surface area (Å²) in [5, 5.41) is 8.88. The highest BCUT2D eigenvalue weighted by Crippen LogP contribution is 2.32. The summed E-state index contributed by atoms with van der Waals surface area (Å²) in [7, 11) is 0. The second-order valence-electron chi connectivity index (χ2n) is 9.53. The lowest BCUT2D eigenvalue weighted by molar-refractivity contribution is -0.119. The van der Waals surface area contributed by atoms with Crippen molar-refractivity contribution < 1.29 is 19.1 Å². The first-order valence-corrected chi connectivity index (χ1v) is 13.1. The second-order valence-corrected chi connectivity index (χ2v) is 9.53. The molecule has 1 fully saturated rings. The van der Waals surface area contributed by atoms with E-state index in [0.717, 1.165) is 49.8 Å². The van der Waals surface area contributed by atoms with Gasteiger partial charge in [-0.1, -0.05) is 36.4 Å². The molecule has 0 aliphatic carbocycles. The van der Waals surface area contributed by atoms with Gasteiger partial charge in [-0.05, 0) is 17.7 Å². The predicted octanol–water partition coefficient (Wildman–Crippen LogP) is 2.18. The highest BCUT2D eigenvalue weighted by atomic mass is 16.7. The molecule has 11 heteroatoms. The highest BCUT2D eigenvalue weighted by Gasteiger charge is 2.21. The Bertz CT molecular complexity index is 1300. The van der Waals surface area contributed by atoms with Crippen molar-refractivity contribution in [1.82, 2.24) is 25.1 Å². The number of fused-ring (bicyclic) bond motifs is 1. The number of carbonyl (C=O) groups is 2. The molecule has 2 aromatic carbocycles. The van der Waals surface area contributed by atoms with Crippen LogP contribution in [0.5, 0.6) is 11.5 Å². The third-order valence-corrected chi connectivity index (χ3v) is 6.51. The Labute approximate surface area is 227 Å². The fourth-order valence-electron chi connectivity index (χ4n) is 4.54. The fourth-order valence-corrected chi connectivity index (χ4v) is 4.54. The predicted molar refractivity (Wildman–Crippen MR) is 148 cm³/mol. The van der Waals surface area contributed by atoms with Crippen molar-refractivity contribution >= 4 is 23.5 Å². The molecule has 11 nitrogen and oxygen atoms in total. The van der Waals surface area contributed by atoms with Crippen molar-refractivity contribution in [1.29, 1.82) is 0 Å². The lowest BCUT2D eigenvalue weighted by Crippen LogP contribution is -2.48. The SMILES string of the molecule is CC(=O)NCCNc1cc(NC(=O)CN2CCN(Cc3ccc4c(c3)OCO4)CC2)nc(-c2ccccc2)n1. The molecule has 2 amide bonds. The number of hydrogen-bond donors (Lipinski definition) is 3. The van der Waals surface area contributed by atoms with Gasteiger partial charge in [0.25, 0.3) is 0 Å². The maximum atomic E-state index is 12.9. The number of aromatic nitrogens is 2. The van der Waals surface area contributed by atoms with Crippen LogP contribution in [-0.2, 0) is 16.1 Å². The van der Waals surface area contributed by atoms with Crippen molar-refractivity contribution in [3.63, 3.8) is 0 Å². The van der Waals surface area contributed by atoms with E-state index in [0.29, 0.717) is 30.5 Å². The number of anilines is 2. The van der Waals surface area contributed by atoms with E-state index in [4.69, 9.17) is 9.47 Å². The maximum Gasteiger partial charge on any atom is 0.239 e. The molecule has 204 valence electrons. The molecule has 0 unspecified atom stereocenters. The molecule has 0 spiro atoms. The van der Waals surface area contributed by atoms with E-state index in [2.05, 4.69) is 41.8 Å². The molecule has 1 saturated heterocycles.